The third-order valence-electron chi connectivity index (χ3n) is 2.83. The lowest BCUT2D eigenvalue weighted by Gasteiger charge is -2.33. The zero-order valence-electron chi connectivity index (χ0n) is 9.48. The molecule has 0 aromatic heterocycles. The number of hydrogen-bond donors (Lipinski definition) is 3. The Labute approximate surface area is 94.8 Å². The summed E-state index contributed by atoms with van der Waals surface area (Å²) in [5, 5.41) is 12.0. The van der Waals surface area contributed by atoms with Crippen LogP contribution in [-0.2, 0) is 9.59 Å². The van der Waals surface area contributed by atoms with Crippen molar-refractivity contribution in [1.82, 2.24) is 10.2 Å². The maximum atomic E-state index is 11.6. The van der Waals surface area contributed by atoms with Gasteiger partial charge in [0.15, 0.2) is 0 Å². The van der Waals surface area contributed by atoms with Crippen LogP contribution in [0, 0.1) is 5.92 Å². The number of piperidine rings is 1. The molecule has 0 aromatic carbocycles. The minimum atomic E-state index is -0.646. The maximum absolute atomic E-state index is 11.6. The van der Waals surface area contributed by atoms with Crippen molar-refractivity contribution in [3.8, 4) is 0 Å². The monoisotopic (exact) mass is 229 g/mol. The van der Waals surface area contributed by atoms with Gasteiger partial charge in [-0.15, -0.1) is 0 Å². The Kier molecular flexibility index (Phi) is 4.70. The van der Waals surface area contributed by atoms with Gasteiger partial charge in [0.05, 0.1) is 6.10 Å². The molecular formula is C10H19N3O3. The Morgan fingerprint density at radius 3 is 2.81 bits per heavy atom. The van der Waals surface area contributed by atoms with E-state index in [-0.39, 0.29) is 19.0 Å². The fourth-order valence-corrected chi connectivity index (χ4v) is 1.64. The van der Waals surface area contributed by atoms with Crippen LogP contribution in [0.25, 0.3) is 0 Å². The van der Waals surface area contributed by atoms with Crippen molar-refractivity contribution >= 4 is 11.8 Å². The number of carbonyl (C=O) groups excluding carboxylic acids is 2. The van der Waals surface area contributed by atoms with Crippen LogP contribution in [0.4, 0.5) is 0 Å². The van der Waals surface area contributed by atoms with E-state index < -0.39 is 17.9 Å². The molecule has 1 aliphatic rings. The molecule has 0 aromatic rings. The summed E-state index contributed by atoms with van der Waals surface area (Å²) >= 11 is 0. The third-order valence-corrected chi connectivity index (χ3v) is 2.83. The van der Waals surface area contributed by atoms with Crippen LogP contribution in [0.5, 0.6) is 0 Å². The molecule has 2 amide bonds. The highest BCUT2D eigenvalue weighted by molar-refractivity contribution is 6.35. The number of hydrogen-bond acceptors (Lipinski definition) is 4. The van der Waals surface area contributed by atoms with Gasteiger partial charge in [-0.2, -0.15) is 0 Å². The Balaban J connectivity index is 2.45. The van der Waals surface area contributed by atoms with E-state index in [1.807, 2.05) is 6.92 Å². The van der Waals surface area contributed by atoms with Crippen molar-refractivity contribution in [2.75, 3.05) is 26.2 Å². The van der Waals surface area contributed by atoms with Gasteiger partial charge in [0, 0.05) is 26.2 Å². The number of rotatable bonds is 2. The summed E-state index contributed by atoms with van der Waals surface area (Å²) in [6.07, 6.45) is 0.178. The van der Waals surface area contributed by atoms with Gasteiger partial charge in [0.25, 0.3) is 0 Å². The quantitative estimate of drug-likeness (QED) is 0.491. The lowest BCUT2D eigenvalue weighted by Crippen LogP contribution is -2.51. The first kappa shape index (κ1) is 12.9. The first-order chi connectivity index (χ1) is 7.56. The smallest absolute Gasteiger partial charge is 0.311 e. The number of amides is 2. The van der Waals surface area contributed by atoms with Gasteiger partial charge in [0.2, 0.25) is 0 Å². The summed E-state index contributed by atoms with van der Waals surface area (Å²) in [5.74, 6) is -1.05. The number of likely N-dealkylation sites (tertiary alicyclic amines) is 1. The standard InChI is InChI=1S/C10H19N3O3/c1-7-2-5-13(6-8(7)14)10(16)9(15)12-4-3-11/h7-8,14H,2-6,11H2,1H3,(H,12,15). The Bertz CT molecular complexity index is 270. The second-order valence-electron chi connectivity index (χ2n) is 4.13. The van der Waals surface area contributed by atoms with E-state index in [0.717, 1.165) is 6.42 Å². The molecule has 1 rings (SSSR count). The van der Waals surface area contributed by atoms with Gasteiger partial charge in [-0.3, -0.25) is 9.59 Å². The summed E-state index contributed by atoms with van der Waals surface area (Å²) in [5.41, 5.74) is 5.22. The minimum Gasteiger partial charge on any atom is -0.391 e. The molecule has 0 bridgehead atoms. The van der Waals surface area contributed by atoms with Crippen molar-refractivity contribution in [3.05, 3.63) is 0 Å². The van der Waals surface area contributed by atoms with E-state index >= 15 is 0 Å². The van der Waals surface area contributed by atoms with Crippen LogP contribution >= 0.6 is 0 Å². The molecule has 2 atom stereocenters. The summed E-state index contributed by atoms with van der Waals surface area (Å²) < 4.78 is 0. The molecule has 2 unspecified atom stereocenters. The molecule has 6 heteroatoms. The van der Waals surface area contributed by atoms with E-state index in [2.05, 4.69) is 5.32 Å². The van der Waals surface area contributed by atoms with Crippen molar-refractivity contribution < 1.29 is 14.7 Å². The van der Waals surface area contributed by atoms with Crippen molar-refractivity contribution in [3.63, 3.8) is 0 Å². The Hall–Kier alpha value is -1.14. The molecule has 1 saturated heterocycles. The summed E-state index contributed by atoms with van der Waals surface area (Å²) in [7, 11) is 0. The molecule has 0 radical (unpaired) electrons. The predicted molar refractivity (Wildman–Crippen MR) is 58.4 cm³/mol. The zero-order chi connectivity index (χ0) is 12.1. The Morgan fingerprint density at radius 1 is 1.56 bits per heavy atom. The van der Waals surface area contributed by atoms with E-state index in [1.165, 1.54) is 4.90 Å². The highest BCUT2D eigenvalue weighted by atomic mass is 16.3. The molecule has 1 heterocycles. The van der Waals surface area contributed by atoms with E-state index in [4.69, 9.17) is 5.73 Å². The first-order valence-corrected chi connectivity index (χ1v) is 5.51. The lowest BCUT2D eigenvalue weighted by molar-refractivity contribution is -0.148. The van der Waals surface area contributed by atoms with Crippen LogP contribution in [0.15, 0.2) is 0 Å². The highest BCUT2D eigenvalue weighted by Crippen LogP contribution is 2.16. The van der Waals surface area contributed by atoms with Gasteiger partial charge in [-0.25, -0.2) is 0 Å². The van der Waals surface area contributed by atoms with Crippen LogP contribution in [0.3, 0.4) is 0 Å². The molecule has 1 aliphatic heterocycles. The van der Waals surface area contributed by atoms with Gasteiger partial charge >= 0.3 is 11.8 Å². The molecule has 92 valence electrons. The number of nitrogens with two attached hydrogens (primary N) is 1. The van der Waals surface area contributed by atoms with Crippen molar-refractivity contribution in [1.29, 1.82) is 0 Å². The van der Waals surface area contributed by atoms with E-state index in [9.17, 15) is 14.7 Å². The average molecular weight is 229 g/mol. The second-order valence-corrected chi connectivity index (χ2v) is 4.13. The molecule has 4 N–H and O–H groups in total. The topological polar surface area (TPSA) is 95.7 Å². The SMILES string of the molecule is CC1CCN(C(=O)C(=O)NCCN)CC1O. The minimum absolute atomic E-state index is 0.177. The first-order valence-electron chi connectivity index (χ1n) is 5.51. The van der Waals surface area contributed by atoms with Crippen molar-refractivity contribution in [2.24, 2.45) is 11.7 Å². The number of nitrogens with zero attached hydrogens (tertiary/aromatic N) is 1. The normalized spacial score (nSPS) is 25.3. The molecular weight excluding hydrogens is 210 g/mol. The van der Waals surface area contributed by atoms with E-state index in [0.29, 0.717) is 13.1 Å². The van der Waals surface area contributed by atoms with E-state index in [1.54, 1.807) is 0 Å². The molecule has 0 spiro atoms. The fraction of sp³-hybridized carbons (Fsp3) is 0.800. The van der Waals surface area contributed by atoms with Crippen LogP contribution in [0.1, 0.15) is 13.3 Å². The molecule has 0 saturated carbocycles. The fourth-order valence-electron chi connectivity index (χ4n) is 1.64. The molecule has 6 nitrogen and oxygen atoms in total. The Morgan fingerprint density at radius 2 is 2.25 bits per heavy atom. The summed E-state index contributed by atoms with van der Waals surface area (Å²) in [4.78, 5) is 24.4. The van der Waals surface area contributed by atoms with Gasteiger partial charge in [0.1, 0.15) is 0 Å². The highest BCUT2D eigenvalue weighted by Gasteiger charge is 2.30. The number of aliphatic hydroxyl groups excluding tert-OH is 1. The number of aliphatic hydroxyl groups is 1. The largest absolute Gasteiger partial charge is 0.391 e. The van der Waals surface area contributed by atoms with Gasteiger partial charge in [-0.05, 0) is 12.3 Å². The second kappa shape index (κ2) is 5.81. The van der Waals surface area contributed by atoms with Crippen LogP contribution in [0.2, 0.25) is 0 Å². The number of β-amino-alcohol motifs (C(OH)–C–C–N with tert-alkyl or cyclic N) is 1. The summed E-state index contributed by atoms with van der Waals surface area (Å²) in [6, 6.07) is 0. The molecule has 1 fully saturated rings. The summed E-state index contributed by atoms with van der Waals surface area (Å²) in [6.45, 7) is 3.28. The number of carbonyl (C=O) groups is 2. The number of nitrogens with one attached hydrogen (secondary N) is 1. The van der Waals surface area contributed by atoms with Crippen molar-refractivity contribution in [2.45, 2.75) is 19.4 Å². The molecule has 0 aliphatic carbocycles. The lowest BCUT2D eigenvalue weighted by atomic mass is 9.96. The zero-order valence-corrected chi connectivity index (χ0v) is 9.48. The van der Waals surface area contributed by atoms with Gasteiger partial charge in [-0.1, -0.05) is 6.92 Å². The average Bonchev–Trinajstić information content (AvgIpc) is 2.28. The maximum Gasteiger partial charge on any atom is 0.311 e. The third kappa shape index (κ3) is 3.18. The predicted octanol–water partition coefficient (Wildman–Crippen LogP) is -1.71. The van der Waals surface area contributed by atoms with Gasteiger partial charge < -0.3 is 21.1 Å². The van der Waals surface area contributed by atoms with Crippen LogP contribution < -0.4 is 11.1 Å². The van der Waals surface area contributed by atoms with Crippen LogP contribution in [-0.4, -0.2) is 54.1 Å². The molecule has 16 heavy (non-hydrogen) atoms.